The molecule has 1 aromatic carbocycles. The van der Waals surface area contributed by atoms with E-state index in [0.717, 1.165) is 6.26 Å². The lowest BCUT2D eigenvalue weighted by atomic mass is 9.94. The molecule has 2 fully saturated rings. The third kappa shape index (κ3) is 5.16. The highest BCUT2D eigenvalue weighted by Crippen LogP contribution is 2.32. The maximum Gasteiger partial charge on any atom is 0.257 e. The number of nitrogens with zero attached hydrogens (tertiary/aromatic N) is 2. The van der Waals surface area contributed by atoms with Crippen LogP contribution in [0.5, 0.6) is 5.75 Å². The molecule has 0 aliphatic carbocycles. The summed E-state index contributed by atoms with van der Waals surface area (Å²) in [4.78, 5) is 29.2. The van der Waals surface area contributed by atoms with Crippen LogP contribution < -0.4 is 9.46 Å². The van der Waals surface area contributed by atoms with Gasteiger partial charge in [-0.2, -0.15) is 0 Å². The monoisotopic (exact) mass is 467 g/mol. The fourth-order valence-electron chi connectivity index (χ4n) is 4.44. The zero-order valence-corrected chi connectivity index (χ0v) is 19.1. The highest BCUT2D eigenvalue weighted by molar-refractivity contribution is 7.92. The van der Waals surface area contributed by atoms with Gasteiger partial charge in [0, 0.05) is 25.8 Å². The Morgan fingerprint density at radius 1 is 1.22 bits per heavy atom. The third-order valence-corrected chi connectivity index (χ3v) is 6.69. The number of ether oxygens (including phenoxy) is 3. The minimum Gasteiger partial charge on any atom is -0.490 e. The summed E-state index contributed by atoms with van der Waals surface area (Å²) in [6, 6.07) is 4.43. The van der Waals surface area contributed by atoms with Gasteiger partial charge in [-0.25, -0.2) is 8.42 Å². The van der Waals surface area contributed by atoms with Gasteiger partial charge in [0.1, 0.15) is 18.5 Å². The van der Waals surface area contributed by atoms with E-state index in [-0.39, 0.29) is 36.7 Å². The molecular formula is C21H29N3O7S. The number of rotatable bonds is 4. The largest absolute Gasteiger partial charge is 0.490 e. The average molecular weight is 468 g/mol. The number of amides is 2. The summed E-state index contributed by atoms with van der Waals surface area (Å²) >= 11 is 0. The van der Waals surface area contributed by atoms with E-state index in [1.807, 2.05) is 4.90 Å². The fourth-order valence-corrected chi connectivity index (χ4v) is 5.00. The predicted octanol–water partition coefficient (Wildman–Crippen LogP) is 0.688. The summed E-state index contributed by atoms with van der Waals surface area (Å²) in [6.45, 7) is 2.55. The number of sulfonamides is 1. The minimum absolute atomic E-state index is 0.0594. The Morgan fingerprint density at radius 3 is 2.69 bits per heavy atom. The van der Waals surface area contributed by atoms with Crippen LogP contribution in [-0.4, -0.2) is 94.5 Å². The lowest BCUT2D eigenvalue weighted by Gasteiger charge is -2.42. The molecule has 3 aliphatic heterocycles. The number of morpholine rings is 1. The van der Waals surface area contributed by atoms with Crippen molar-refractivity contribution < 1.29 is 32.2 Å². The topological polar surface area (TPSA) is 114 Å². The highest BCUT2D eigenvalue weighted by atomic mass is 32.2. The van der Waals surface area contributed by atoms with Gasteiger partial charge in [0.15, 0.2) is 0 Å². The molecule has 1 N–H and O–H groups in total. The molecule has 0 radical (unpaired) electrons. The molecule has 0 aromatic heterocycles. The van der Waals surface area contributed by atoms with Gasteiger partial charge in [0.05, 0.1) is 43.6 Å². The molecule has 10 nitrogen and oxygen atoms in total. The van der Waals surface area contributed by atoms with E-state index in [4.69, 9.17) is 14.2 Å². The highest BCUT2D eigenvalue weighted by Gasteiger charge is 2.39. The predicted molar refractivity (Wildman–Crippen MR) is 116 cm³/mol. The zero-order chi connectivity index (χ0) is 22.9. The molecule has 4 rings (SSSR count). The number of likely N-dealkylation sites (N-methyl/N-ethyl adjacent to an activating group) is 1. The second-order valence-corrected chi connectivity index (χ2v) is 10.2. The van der Waals surface area contributed by atoms with Gasteiger partial charge in [0.25, 0.3) is 5.91 Å². The molecular weight excluding hydrogens is 438 g/mol. The summed E-state index contributed by atoms with van der Waals surface area (Å²) in [5.41, 5.74) is 0.597. The van der Waals surface area contributed by atoms with Crippen molar-refractivity contribution in [2.24, 2.45) is 0 Å². The summed E-state index contributed by atoms with van der Waals surface area (Å²) in [6.07, 6.45) is 2.13. The first kappa shape index (κ1) is 22.8. The summed E-state index contributed by atoms with van der Waals surface area (Å²) in [7, 11) is -1.75. The molecule has 3 atom stereocenters. The molecule has 2 saturated heterocycles. The number of nitrogens with one attached hydrogen (secondary N) is 1. The van der Waals surface area contributed by atoms with Crippen molar-refractivity contribution in [1.29, 1.82) is 0 Å². The standard InChI is InChI=1S/C21H29N3O7S/c1-23-17-5-4-15(12-20(25)24-7-9-29-10-8-24)31-19(17)13-30-18-6-3-14(22-32(2,27)28)11-16(18)21(23)26/h3,6,11,15,17,19,22H,4-5,7-10,12-13H2,1-2H3/t15-,17+,19-/m1/s1. The van der Waals surface area contributed by atoms with Crippen LogP contribution in [0.15, 0.2) is 18.2 Å². The van der Waals surface area contributed by atoms with E-state index in [2.05, 4.69) is 4.72 Å². The van der Waals surface area contributed by atoms with Gasteiger partial charge in [-0.3, -0.25) is 14.3 Å². The molecule has 176 valence electrons. The first-order valence-electron chi connectivity index (χ1n) is 10.7. The van der Waals surface area contributed by atoms with Crippen molar-refractivity contribution in [1.82, 2.24) is 9.80 Å². The Balaban J connectivity index is 1.46. The Hall–Kier alpha value is -2.37. The summed E-state index contributed by atoms with van der Waals surface area (Å²) in [5, 5.41) is 0. The molecule has 3 aliphatic rings. The number of fused-ring (bicyclic) bond motifs is 2. The number of hydrogen-bond acceptors (Lipinski definition) is 7. The summed E-state index contributed by atoms with van der Waals surface area (Å²) < 4.78 is 42.9. The SMILES string of the molecule is CN1C(=O)c2cc(NS(C)(=O)=O)ccc2OC[C@H]2O[C@@H](CC(=O)N3CCOCC3)CC[C@@H]21. The number of carbonyl (C=O) groups excluding carboxylic acids is 2. The Morgan fingerprint density at radius 2 is 1.97 bits per heavy atom. The van der Waals surface area contributed by atoms with Crippen LogP contribution in [0.25, 0.3) is 0 Å². The molecule has 0 spiro atoms. The molecule has 3 heterocycles. The molecule has 1 aromatic rings. The fraction of sp³-hybridized carbons (Fsp3) is 0.619. The van der Waals surface area contributed by atoms with Crippen molar-refractivity contribution in [2.75, 3.05) is 50.9 Å². The van der Waals surface area contributed by atoms with E-state index < -0.39 is 10.0 Å². The number of carbonyl (C=O) groups is 2. The first-order chi connectivity index (χ1) is 15.2. The van der Waals surface area contributed by atoms with Crippen LogP contribution in [0.2, 0.25) is 0 Å². The Labute approximate surface area is 187 Å². The van der Waals surface area contributed by atoms with Crippen LogP contribution in [-0.2, 0) is 24.3 Å². The molecule has 32 heavy (non-hydrogen) atoms. The zero-order valence-electron chi connectivity index (χ0n) is 18.3. The smallest absolute Gasteiger partial charge is 0.257 e. The van der Waals surface area contributed by atoms with Gasteiger partial charge in [-0.15, -0.1) is 0 Å². The van der Waals surface area contributed by atoms with E-state index in [9.17, 15) is 18.0 Å². The van der Waals surface area contributed by atoms with E-state index in [1.165, 1.54) is 6.07 Å². The van der Waals surface area contributed by atoms with Crippen LogP contribution in [0.1, 0.15) is 29.6 Å². The third-order valence-electron chi connectivity index (χ3n) is 6.08. The van der Waals surface area contributed by atoms with Crippen LogP contribution in [0.3, 0.4) is 0 Å². The summed E-state index contributed by atoms with van der Waals surface area (Å²) in [5.74, 6) is 0.164. The molecule has 0 unspecified atom stereocenters. The number of benzene rings is 1. The number of hydrogen-bond donors (Lipinski definition) is 1. The molecule has 2 amide bonds. The van der Waals surface area contributed by atoms with Crippen LogP contribution in [0.4, 0.5) is 5.69 Å². The van der Waals surface area contributed by atoms with Gasteiger partial charge in [-0.1, -0.05) is 0 Å². The van der Waals surface area contributed by atoms with Crippen molar-refractivity contribution in [3.05, 3.63) is 23.8 Å². The van der Waals surface area contributed by atoms with Crippen LogP contribution in [0, 0.1) is 0 Å². The second-order valence-electron chi connectivity index (χ2n) is 8.45. The maximum absolute atomic E-state index is 13.2. The van der Waals surface area contributed by atoms with Gasteiger partial charge in [-0.05, 0) is 31.0 Å². The Bertz CT molecular complexity index is 978. The van der Waals surface area contributed by atoms with Crippen molar-refractivity contribution in [2.45, 2.75) is 37.5 Å². The lowest BCUT2D eigenvalue weighted by molar-refractivity contribution is -0.146. The van der Waals surface area contributed by atoms with E-state index in [0.29, 0.717) is 62.6 Å². The van der Waals surface area contributed by atoms with Crippen molar-refractivity contribution in [3.63, 3.8) is 0 Å². The average Bonchev–Trinajstić information content (AvgIpc) is 2.76. The van der Waals surface area contributed by atoms with Gasteiger partial charge in [0.2, 0.25) is 15.9 Å². The lowest BCUT2D eigenvalue weighted by Crippen LogP contribution is -2.54. The van der Waals surface area contributed by atoms with E-state index in [1.54, 1.807) is 24.1 Å². The van der Waals surface area contributed by atoms with Crippen molar-refractivity contribution >= 4 is 27.5 Å². The molecule has 11 heteroatoms. The maximum atomic E-state index is 13.2. The molecule has 0 saturated carbocycles. The second kappa shape index (κ2) is 9.24. The minimum atomic E-state index is -3.47. The Kier molecular flexibility index (Phi) is 6.59. The number of anilines is 1. The van der Waals surface area contributed by atoms with Gasteiger partial charge >= 0.3 is 0 Å². The normalized spacial score (nSPS) is 26.3. The first-order valence-corrected chi connectivity index (χ1v) is 12.6. The van der Waals surface area contributed by atoms with E-state index >= 15 is 0 Å². The van der Waals surface area contributed by atoms with Crippen molar-refractivity contribution in [3.8, 4) is 5.75 Å². The molecule has 0 bridgehead atoms. The van der Waals surface area contributed by atoms with Crippen LogP contribution >= 0.6 is 0 Å². The van der Waals surface area contributed by atoms with Gasteiger partial charge < -0.3 is 24.0 Å². The quantitative estimate of drug-likeness (QED) is 0.693.